The molecule has 9 heteroatoms. The molecule has 0 spiro atoms. The smallest absolute Gasteiger partial charge is 0.334 e. The van der Waals surface area contributed by atoms with E-state index in [1.165, 1.54) is 18.2 Å². The number of hydrogen-bond acceptors (Lipinski definition) is 5. The summed E-state index contributed by atoms with van der Waals surface area (Å²) in [5.74, 6) is -0.238. The number of hydrogen-bond donors (Lipinski definition) is 1. The SMILES string of the molecule is CC1(CO[Si](C)(C)C(C)(C)C)CCC(c2ccc(Cl)cc2)=C(CO)C1.COC(=O)C1=C(c2ccc(Cl)cc2)CCC(C)(CO[Si](C)(C)C(C)(C)C)C1. The van der Waals surface area contributed by atoms with Crippen LogP contribution in [-0.4, -0.2) is 54.6 Å². The van der Waals surface area contributed by atoms with Crippen LogP contribution in [0.5, 0.6) is 0 Å². The van der Waals surface area contributed by atoms with Gasteiger partial charge >= 0.3 is 5.97 Å². The number of ether oxygens (including phenoxy) is 1. The van der Waals surface area contributed by atoms with E-state index >= 15 is 0 Å². The first kappa shape index (κ1) is 44.7. The molecule has 2 aliphatic rings. The molecule has 0 amide bonds. The van der Waals surface area contributed by atoms with Gasteiger partial charge in [0.15, 0.2) is 16.6 Å². The van der Waals surface area contributed by atoms with Gasteiger partial charge < -0.3 is 18.7 Å². The number of methoxy groups -OCH3 is 1. The minimum Gasteiger partial charge on any atom is -0.466 e. The quantitative estimate of drug-likeness (QED) is 0.192. The number of benzene rings is 2. The molecule has 1 N–H and O–H groups in total. The second kappa shape index (κ2) is 17.4. The van der Waals surface area contributed by atoms with Crippen LogP contribution >= 0.6 is 23.2 Å². The van der Waals surface area contributed by atoms with Gasteiger partial charge in [0, 0.05) is 28.8 Å². The van der Waals surface area contributed by atoms with Gasteiger partial charge in [-0.25, -0.2) is 4.79 Å². The van der Waals surface area contributed by atoms with Crippen molar-refractivity contribution >= 4 is 57.0 Å². The molecule has 0 fully saturated rings. The van der Waals surface area contributed by atoms with E-state index in [0.29, 0.717) is 18.1 Å². The van der Waals surface area contributed by atoms with Gasteiger partial charge in [-0.15, -0.1) is 0 Å². The third-order valence-electron chi connectivity index (χ3n) is 12.2. The summed E-state index contributed by atoms with van der Waals surface area (Å²) >= 11 is 12.0. The number of aliphatic hydroxyl groups excluding tert-OH is 1. The Hall–Kier alpha value is -1.72. The van der Waals surface area contributed by atoms with Gasteiger partial charge in [0.25, 0.3) is 0 Å². The van der Waals surface area contributed by atoms with E-state index in [-0.39, 0.29) is 33.5 Å². The standard InChI is InChI=1S/C22H33ClO3Si.C21H33ClO2Si/c1-21(2,3)27(6,7)26-15-22(4)13-12-18(19(14-22)20(24)25-5)16-8-10-17(23)11-9-16;1-20(2,3)25(5,6)24-15-21(4)12-11-19(17(13-21)14-23)16-7-9-18(22)10-8-16/h8-11H,12-15H2,1-7H3;7-10,23H,11-15H2,1-6H3. The molecule has 2 aromatic carbocycles. The number of rotatable bonds is 10. The highest BCUT2D eigenvalue weighted by molar-refractivity contribution is 6.74. The summed E-state index contributed by atoms with van der Waals surface area (Å²) in [6.07, 6.45) is 5.46. The van der Waals surface area contributed by atoms with E-state index < -0.39 is 16.6 Å². The summed E-state index contributed by atoms with van der Waals surface area (Å²) in [6.45, 7) is 28.8. The summed E-state index contributed by atoms with van der Waals surface area (Å²) in [5, 5.41) is 11.8. The van der Waals surface area contributed by atoms with E-state index in [9.17, 15) is 9.90 Å². The molecule has 0 aromatic heterocycles. The number of allylic oxidation sites excluding steroid dienone is 2. The number of aliphatic hydroxyl groups is 1. The van der Waals surface area contributed by atoms with Crippen LogP contribution in [0.15, 0.2) is 59.7 Å². The topological polar surface area (TPSA) is 65.0 Å². The minimum absolute atomic E-state index is 0.0605. The monoisotopic (exact) mass is 788 g/mol. The van der Waals surface area contributed by atoms with E-state index in [1.54, 1.807) is 0 Å². The van der Waals surface area contributed by atoms with Crippen LogP contribution in [0.1, 0.15) is 105 Å². The normalized spacial score (nSPS) is 21.8. The van der Waals surface area contributed by atoms with Crippen molar-refractivity contribution in [1.29, 1.82) is 0 Å². The first-order chi connectivity index (χ1) is 23.9. The summed E-state index contributed by atoms with van der Waals surface area (Å²) < 4.78 is 18.1. The molecular weight excluding hydrogens is 724 g/mol. The predicted molar refractivity (Wildman–Crippen MR) is 226 cm³/mol. The second-order valence-corrected chi connectivity index (χ2v) is 29.3. The van der Waals surface area contributed by atoms with Crippen molar-refractivity contribution in [2.45, 2.75) is 130 Å². The van der Waals surface area contributed by atoms with Crippen molar-refractivity contribution in [2.75, 3.05) is 26.9 Å². The lowest BCUT2D eigenvalue weighted by atomic mass is 9.72. The second-order valence-electron chi connectivity index (χ2n) is 18.8. The maximum absolute atomic E-state index is 12.5. The molecule has 0 radical (unpaired) electrons. The molecule has 0 saturated carbocycles. The molecule has 0 saturated heterocycles. The lowest BCUT2D eigenvalue weighted by Gasteiger charge is -2.42. The highest BCUT2D eigenvalue weighted by Gasteiger charge is 2.42. The van der Waals surface area contributed by atoms with E-state index in [0.717, 1.165) is 66.0 Å². The van der Waals surface area contributed by atoms with Gasteiger partial charge in [-0.1, -0.05) is 103 Å². The van der Waals surface area contributed by atoms with Crippen LogP contribution in [0, 0.1) is 10.8 Å². The van der Waals surface area contributed by atoms with Crippen molar-refractivity contribution in [3.63, 3.8) is 0 Å². The zero-order valence-corrected chi connectivity index (χ0v) is 37.8. The Bertz CT molecular complexity index is 1580. The number of esters is 1. The van der Waals surface area contributed by atoms with Gasteiger partial charge in [-0.3, -0.25) is 0 Å². The molecule has 5 nitrogen and oxygen atoms in total. The average molecular weight is 790 g/mol. The summed E-state index contributed by atoms with van der Waals surface area (Å²) in [5.41, 5.74) is 6.54. The summed E-state index contributed by atoms with van der Waals surface area (Å²) in [4.78, 5) is 12.5. The highest BCUT2D eigenvalue weighted by Crippen LogP contribution is 2.47. The van der Waals surface area contributed by atoms with E-state index in [4.69, 9.17) is 36.8 Å². The Morgan fingerprint density at radius 3 is 1.48 bits per heavy atom. The third kappa shape index (κ3) is 11.6. The molecule has 290 valence electrons. The van der Waals surface area contributed by atoms with Gasteiger partial charge in [0.2, 0.25) is 0 Å². The fraction of sp³-hybridized carbons (Fsp3) is 0.605. The van der Waals surface area contributed by atoms with Gasteiger partial charge in [-0.2, -0.15) is 0 Å². The Kier molecular flexibility index (Phi) is 14.9. The molecule has 2 aliphatic carbocycles. The number of halogens is 2. The van der Waals surface area contributed by atoms with Crippen molar-refractivity contribution < 1.29 is 23.5 Å². The Morgan fingerprint density at radius 1 is 0.712 bits per heavy atom. The van der Waals surface area contributed by atoms with E-state index in [2.05, 4.69) is 93.7 Å². The van der Waals surface area contributed by atoms with Crippen LogP contribution in [0.2, 0.25) is 46.3 Å². The summed E-state index contributed by atoms with van der Waals surface area (Å²) in [6, 6.07) is 15.7. The van der Waals surface area contributed by atoms with Crippen LogP contribution in [0.3, 0.4) is 0 Å². The lowest BCUT2D eigenvalue weighted by molar-refractivity contribution is -0.136. The fourth-order valence-corrected chi connectivity index (χ4v) is 8.88. The van der Waals surface area contributed by atoms with Crippen LogP contribution in [0.25, 0.3) is 11.1 Å². The summed E-state index contributed by atoms with van der Waals surface area (Å²) in [7, 11) is -2.12. The highest BCUT2D eigenvalue weighted by atomic mass is 35.5. The molecule has 2 unspecified atom stereocenters. The number of carbonyl (C=O) groups is 1. The van der Waals surface area contributed by atoms with Gasteiger partial charge in [-0.05, 0) is 138 Å². The van der Waals surface area contributed by atoms with E-state index in [1.807, 2.05) is 36.4 Å². The third-order valence-corrected chi connectivity index (χ3v) is 21.6. The zero-order valence-electron chi connectivity index (χ0n) is 34.3. The minimum atomic E-state index is -1.83. The molecule has 2 atom stereocenters. The predicted octanol–water partition coefficient (Wildman–Crippen LogP) is 12.8. The van der Waals surface area contributed by atoms with Crippen LogP contribution < -0.4 is 0 Å². The Balaban J connectivity index is 0.000000281. The fourth-order valence-electron chi connectivity index (χ4n) is 6.34. The zero-order chi connectivity index (χ0) is 39.3. The number of carbonyl (C=O) groups excluding carboxylic acids is 1. The van der Waals surface area contributed by atoms with Crippen molar-refractivity contribution in [2.24, 2.45) is 10.8 Å². The van der Waals surface area contributed by atoms with Crippen molar-refractivity contribution in [3.8, 4) is 0 Å². The molecule has 0 aliphatic heterocycles. The average Bonchev–Trinajstić information content (AvgIpc) is 3.06. The van der Waals surface area contributed by atoms with Crippen molar-refractivity contribution in [1.82, 2.24) is 0 Å². The maximum Gasteiger partial charge on any atom is 0.334 e. The molecule has 52 heavy (non-hydrogen) atoms. The Labute approximate surface area is 327 Å². The van der Waals surface area contributed by atoms with Gasteiger partial charge in [0.1, 0.15) is 0 Å². The van der Waals surface area contributed by atoms with Gasteiger partial charge in [0.05, 0.1) is 13.7 Å². The van der Waals surface area contributed by atoms with Crippen LogP contribution in [0.4, 0.5) is 0 Å². The molecular formula is C43H66Cl2O5Si2. The molecule has 2 aromatic rings. The molecule has 0 heterocycles. The largest absolute Gasteiger partial charge is 0.466 e. The molecule has 4 rings (SSSR count). The lowest BCUT2D eigenvalue weighted by Crippen LogP contribution is -2.44. The first-order valence-electron chi connectivity index (χ1n) is 18.8. The Morgan fingerprint density at radius 2 is 1.10 bits per heavy atom. The van der Waals surface area contributed by atoms with Crippen molar-refractivity contribution in [3.05, 3.63) is 80.8 Å². The van der Waals surface area contributed by atoms with Crippen LogP contribution in [-0.2, 0) is 18.4 Å². The molecule has 0 bridgehead atoms. The first-order valence-corrected chi connectivity index (χ1v) is 25.4. The maximum atomic E-state index is 12.5.